The second-order valence-corrected chi connectivity index (χ2v) is 6.91. The van der Waals surface area contributed by atoms with Crippen molar-refractivity contribution in [2.24, 2.45) is 17.6 Å². The van der Waals surface area contributed by atoms with E-state index in [1.807, 2.05) is 0 Å². The van der Waals surface area contributed by atoms with Crippen LogP contribution >= 0.6 is 0 Å². The molecule has 2 heteroatoms. The molecule has 0 radical (unpaired) electrons. The summed E-state index contributed by atoms with van der Waals surface area (Å²) in [5.74, 6) is 1.78. The van der Waals surface area contributed by atoms with Gasteiger partial charge in [-0.3, -0.25) is 4.90 Å². The molecular weight excluding hydrogens is 220 g/mol. The molecule has 1 aliphatic carbocycles. The van der Waals surface area contributed by atoms with Crippen molar-refractivity contribution in [2.45, 2.75) is 70.8 Å². The van der Waals surface area contributed by atoms with E-state index in [2.05, 4.69) is 18.7 Å². The maximum absolute atomic E-state index is 6.22. The van der Waals surface area contributed by atoms with Crippen LogP contribution in [-0.2, 0) is 0 Å². The number of rotatable bonds is 3. The van der Waals surface area contributed by atoms with Gasteiger partial charge in [0.25, 0.3) is 0 Å². The minimum Gasteiger partial charge on any atom is -0.329 e. The second-order valence-electron chi connectivity index (χ2n) is 6.91. The van der Waals surface area contributed by atoms with Gasteiger partial charge in [0.15, 0.2) is 0 Å². The van der Waals surface area contributed by atoms with Crippen molar-refractivity contribution >= 4 is 0 Å². The number of likely N-dealkylation sites (tertiary alicyclic amines) is 1. The molecule has 2 atom stereocenters. The standard InChI is InChI=1S/C16H32N2/c1-14(2)15-7-6-9-16(13-17,10-8-15)18-11-4-3-5-12-18/h14-15H,3-13,17H2,1-2H3. The van der Waals surface area contributed by atoms with E-state index >= 15 is 0 Å². The Morgan fingerprint density at radius 1 is 1.06 bits per heavy atom. The van der Waals surface area contributed by atoms with Crippen molar-refractivity contribution in [3.63, 3.8) is 0 Å². The molecule has 1 aliphatic heterocycles. The van der Waals surface area contributed by atoms with Crippen LogP contribution in [0.15, 0.2) is 0 Å². The van der Waals surface area contributed by atoms with E-state index in [9.17, 15) is 0 Å². The minimum atomic E-state index is 0.351. The first-order chi connectivity index (χ1) is 8.68. The zero-order valence-electron chi connectivity index (χ0n) is 12.5. The summed E-state index contributed by atoms with van der Waals surface area (Å²) in [6.07, 6.45) is 11.1. The van der Waals surface area contributed by atoms with Crippen molar-refractivity contribution in [1.29, 1.82) is 0 Å². The Bertz CT molecular complexity index is 245. The van der Waals surface area contributed by atoms with Crippen LogP contribution < -0.4 is 5.73 Å². The van der Waals surface area contributed by atoms with Gasteiger partial charge in [0, 0.05) is 12.1 Å². The lowest BCUT2D eigenvalue weighted by atomic mass is 9.84. The van der Waals surface area contributed by atoms with E-state index in [4.69, 9.17) is 5.73 Å². The number of nitrogens with two attached hydrogens (primary N) is 1. The summed E-state index contributed by atoms with van der Waals surface area (Å²) in [7, 11) is 0. The number of piperidine rings is 1. The summed E-state index contributed by atoms with van der Waals surface area (Å²) in [5.41, 5.74) is 6.57. The van der Waals surface area contributed by atoms with Crippen LogP contribution in [0.4, 0.5) is 0 Å². The molecule has 106 valence electrons. The summed E-state index contributed by atoms with van der Waals surface area (Å²) < 4.78 is 0. The highest BCUT2D eigenvalue weighted by Gasteiger charge is 2.38. The van der Waals surface area contributed by atoms with E-state index in [1.165, 1.54) is 64.5 Å². The van der Waals surface area contributed by atoms with Gasteiger partial charge in [0.05, 0.1) is 0 Å². The lowest BCUT2D eigenvalue weighted by Crippen LogP contribution is -2.55. The quantitative estimate of drug-likeness (QED) is 0.780. The Morgan fingerprint density at radius 2 is 1.78 bits per heavy atom. The molecule has 2 aliphatic rings. The summed E-state index contributed by atoms with van der Waals surface area (Å²) in [4.78, 5) is 2.75. The monoisotopic (exact) mass is 252 g/mol. The maximum Gasteiger partial charge on any atom is 0.0331 e. The molecule has 0 amide bonds. The number of hydrogen-bond donors (Lipinski definition) is 1. The number of nitrogens with zero attached hydrogens (tertiary/aromatic N) is 1. The lowest BCUT2D eigenvalue weighted by Gasteiger charge is -2.45. The van der Waals surface area contributed by atoms with Crippen LogP contribution in [0.25, 0.3) is 0 Å². The van der Waals surface area contributed by atoms with Gasteiger partial charge in [0.1, 0.15) is 0 Å². The SMILES string of the molecule is CC(C)C1CCCC(CN)(N2CCCCC2)CC1. The average molecular weight is 252 g/mol. The van der Waals surface area contributed by atoms with E-state index < -0.39 is 0 Å². The summed E-state index contributed by atoms with van der Waals surface area (Å²) >= 11 is 0. The van der Waals surface area contributed by atoms with Crippen LogP contribution in [0, 0.1) is 11.8 Å². The first-order valence-electron chi connectivity index (χ1n) is 8.13. The van der Waals surface area contributed by atoms with Gasteiger partial charge < -0.3 is 5.73 Å². The fourth-order valence-electron chi connectivity index (χ4n) is 4.10. The van der Waals surface area contributed by atoms with E-state index in [0.29, 0.717) is 5.54 Å². The molecule has 18 heavy (non-hydrogen) atoms. The smallest absolute Gasteiger partial charge is 0.0331 e. The van der Waals surface area contributed by atoms with Crippen LogP contribution in [0.1, 0.15) is 65.2 Å². The fourth-order valence-corrected chi connectivity index (χ4v) is 4.10. The summed E-state index contributed by atoms with van der Waals surface area (Å²) in [6.45, 7) is 8.24. The highest BCUT2D eigenvalue weighted by Crippen LogP contribution is 2.38. The van der Waals surface area contributed by atoms with Gasteiger partial charge >= 0.3 is 0 Å². The van der Waals surface area contributed by atoms with E-state index in [1.54, 1.807) is 0 Å². The molecule has 1 saturated heterocycles. The zero-order valence-corrected chi connectivity index (χ0v) is 12.5. The first kappa shape index (κ1) is 14.3. The molecule has 2 nitrogen and oxygen atoms in total. The van der Waals surface area contributed by atoms with Crippen LogP contribution in [0.2, 0.25) is 0 Å². The highest BCUT2D eigenvalue weighted by atomic mass is 15.2. The zero-order chi connectivity index (χ0) is 13.0. The van der Waals surface area contributed by atoms with Crippen LogP contribution in [-0.4, -0.2) is 30.1 Å². The third kappa shape index (κ3) is 3.08. The van der Waals surface area contributed by atoms with E-state index in [0.717, 1.165) is 18.4 Å². The largest absolute Gasteiger partial charge is 0.329 e. The molecule has 1 heterocycles. The van der Waals surface area contributed by atoms with Crippen LogP contribution in [0.3, 0.4) is 0 Å². The van der Waals surface area contributed by atoms with Gasteiger partial charge in [-0.25, -0.2) is 0 Å². The van der Waals surface area contributed by atoms with Crippen molar-refractivity contribution in [2.75, 3.05) is 19.6 Å². The van der Waals surface area contributed by atoms with Crippen molar-refractivity contribution in [3.05, 3.63) is 0 Å². The molecule has 2 rings (SSSR count). The lowest BCUT2D eigenvalue weighted by molar-refractivity contribution is 0.0572. The highest BCUT2D eigenvalue weighted by molar-refractivity contribution is 4.95. The molecular formula is C16H32N2. The Labute approximate surface area is 113 Å². The second kappa shape index (κ2) is 6.38. The molecule has 0 spiro atoms. The van der Waals surface area contributed by atoms with Crippen molar-refractivity contribution in [1.82, 2.24) is 4.90 Å². The van der Waals surface area contributed by atoms with E-state index in [-0.39, 0.29) is 0 Å². The summed E-state index contributed by atoms with van der Waals surface area (Å²) in [5, 5.41) is 0. The Balaban J connectivity index is 2.02. The van der Waals surface area contributed by atoms with Gasteiger partial charge in [-0.2, -0.15) is 0 Å². The molecule has 0 bridgehead atoms. The minimum absolute atomic E-state index is 0.351. The molecule has 0 aromatic carbocycles. The third-order valence-corrected chi connectivity index (χ3v) is 5.55. The normalized spacial score (nSPS) is 35.7. The number of hydrogen-bond acceptors (Lipinski definition) is 2. The van der Waals surface area contributed by atoms with Crippen molar-refractivity contribution < 1.29 is 0 Å². The predicted molar refractivity (Wildman–Crippen MR) is 78.6 cm³/mol. The maximum atomic E-state index is 6.22. The topological polar surface area (TPSA) is 29.3 Å². The predicted octanol–water partition coefficient (Wildman–Crippen LogP) is 3.41. The van der Waals surface area contributed by atoms with Crippen molar-refractivity contribution in [3.8, 4) is 0 Å². The van der Waals surface area contributed by atoms with Gasteiger partial charge in [0.2, 0.25) is 0 Å². The Hall–Kier alpha value is -0.0800. The van der Waals surface area contributed by atoms with Gasteiger partial charge in [-0.1, -0.05) is 33.1 Å². The van der Waals surface area contributed by atoms with Crippen LogP contribution in [0.5, 0.6) is 0 Å². The first-order valence-corrected chi connectivity index (χ1v) is 8.13. The molecule has 2 unspecified atom stereocenters. The fraction of sp³-hybridized carbons (Fsp3) is 1.00. The van der Waals surface area contributed by atoms with Gasteiger partial charge in [-0.15, -0.1) is 0 Å². The third-order valence-electron chi connectivity index (χ3n) is 5.55. The summed E-state index contributed by atoms with van der Waals surface area (Å²) in [6, 6.07) is 0. The molecule has 0 aromatic heterocycles. The Kier molecular flexibility index (Phi) is 5.08. The molecule has 2 N–H and O–H groups in total. The Morgan fingerprint density at radius 3 is 2.39 bits per heavy atom. The molecule has 0 aromatic rings. The molecule has 1 saturated carbocycles. The molecule has 2 fully saturated rings. The average Bonchev–Trinajstić information content (AvgIpc) is 2.63. The van der Waals surface area contributed by atoms with Gasteiger partial charge in [-0.05, 0) is 57.0 Å².